The van der Waals surface area contributed by atoms with Crippen LogP contribution in [0.15, 0.2) is 18.2 Å². The Morgan fingerprint density at radius 1 is 1.44 bits per heavy atom. The molecule has 2 nitrogen and oxygen atoms in total. The predicted octanol–water partition coefficient (Wildman–Crippen LogP) is 3.42. The van der Waals surface area contributed by atoms with Gasteiger partial charge in [-0.05, 0) is 42.5 Å². The van der Waals surface area contributed by atoms with Crippen LogP contribution in [-0.4, -0.2) is 17.5 Å². The number of rotatable bonds is 4. The molecule has 1 unspecified atom stereocenters. The first-order valence-corrected chi connectivity index (χ1v) is 7.21. The van der Waals surface area contributed by atoms with Crippen LogP contribution in [0.25, 0.3) is 0 Å². The molecule has 0 amide bonds. The summed E-state index contributed by atoms with van der Waals surface area (Å²) in [5.74, 6) is 0.717. The maximum Gasteiger partial charge on any atom is 0.0454 e. The van der Waals surface area contributed by atoms with Crippen molar-refractivity contribution in [2.45, 2.75) is 45.8 Å². The number of hydrogen-bond donors (Lipinski definition) is 1. The lowest BCUT2D eigenvalue weighted by molar-refractivity contribution is 0.199. The van der Waals surface area contributed by atoms with E-state index in [0.717, 1.165) is 23.0 Å². The largest absolute Gasteiger partial charge is 0.326 e. The number of nitrogens with zero attached hydrogens (tertiary/aromatic N) is 1. The summed E-state index contributed by atoms with van der Waals surface area (Å²) in [6, 6.07) is 6.91. The monoisotopic (exact) mass is 266 g/mol. The van der Waals surface area contributed by atoms with Crippen molar-refractivity contribution in [1.82, 2.24) is 4.90 Å². The highest BCUT2D eigenvalue weighted by Crippen LogP contribution is 2.28. The molecule has 0 aliphatic carbocycles. The van der Waals surface area contributed by atoms with Crippen LogP contribution in [0, 0.1) is 5.92 Å². The number of nitrogens with two attached hydrogens (primary N) is 1. The molecule has 1 fully saturated rings. The molecule has 1 aliphatic heterocycles. The van der Waals surface area contributed by atoms with Gasteiger partial charge in [0, 0.05) is 24.2 Å². The molecule has 0 radical (unpaired) electrons. The van der Waals surface area contributed by atoms with E-state index in [4.69, 9.17) is 17.3 Å². The fraction of sp³-hybridized carbons (Fsp3) is 0.600. The van der Waals surface area contributed by atoms with Gasteiger partial charge in [-0.25, -0.2) is 0 Å². The van der Waals surface area contributed by atoms with Crippen LogP contribution in [0.1, 0.15) is 37.8 Å². The fourth-order valence-electron chi connectivity index (χ4n) is 2.87. The standard InChI is InChI=1S/C15H23ClN2/c1-11(2)15-4-3-7-18(15)10-13-6-5-12(9-17)8-14(13)16/h5-6,8,11,15H,3-4,7,9-10,17H2,1-2H3. The number of hydrogen-bond acceptors (Lipinski definition) is 2. The molecule has 1 aliphatic rings. The number of likely N-dealkylation sites (tertiary alicyclic amines) is 1. The van der Waals surface area contributed by atoms with Gasteiger partial charge >= 0.3 is 0 Å². The van der Waals surface area contributed by atoms with E-state index in [0.29, 0.717) is 12.6 Å². The average molecular weight is 267 g/mol. The Labute approximate surface area is 115 Å². The van der Waals surface area contributed by atoms with E-state index < -0.39 is 0 Å². The van der Waals surface area contributed by atoms with Crippen molar-refractivity contribution in [3.8, 4) is 0 Å². The van der Waals surface area contributed by atoms with E-state index in [2.05, 4.69) is 30.9 Å². The van der Waals surface area contributed by atoms with Gasteiger partial charge in [0.2, 0.25) is 0 Å². The number of halogens is 1. The first kappa shape index (κ1) is 13.9. The highest BCUT2D eigenvalue weighted by atomic mass is 35.5. The van der Waals surface area contributed by atoms with Crippen molar-refractivity contribution < 1.29 is 0 Å². The van der Waals surface area contributed by atoms with Crippen molar-refractivity contribution in [1.29, 1.82) is 0 Å². The second-order valence-electron chi connectivity index (χ2n) is 5.55. The molecule has 3 heteroatoms. The summed E-state index contributed by atoms with van der Waals surface area (Å²) in [6.45, 7) is 7.33. The maximum absolute atomic E-state index is 6.33. The van der Waals surface area contributed by atoms with Crippen LogP contribution in [0.5, 0.6) is 0 Å². The van der Waals surface area contributed by atoms with Crippen LogP contribution >= 0.6 is 11.6 Å². The summed E-state index contributed by atoms with van der Waals surface area (Å²) in [7, 11) is 0. The van der Waals surface area contributed by atoms with Crippen molar-refractivity contribution in [3.63, 3.8) is 0 Å². The third-order valence-corrected chi connectivity index (χ3v) is 4.26. The molecule has 0 bridgehead atoms. The highest BCUT2D eigenvalue weighted by molar-refractivity contribution is 6.31. The van der Waals surface area contributed by atoms with Crippen molar-refractivity contribution in [2.24, 2.45) is 11.7 Å². The summed E-state index contributed by atoms with van der Waals surface area (Å²) in [5, 5.41) is 0.854. The molecular weight excluding hydrogens is 244 g/mol. The molecule has 18 heavy (non-hydrogen) atoms. The minimum absolute atomic E-state index is 0.554. The maximum atomic E-state index is 6.33. The van der Waals surface area contributed by atoms with Gasteiger partial charge in [-0.3, -0.25) is 4.90 Å². The smallest absolute Gasteiger partial charge is 0.0454 e. The summed E-state index contributed by atoms with van der Waals surface area (Å²) in [6.07, 6.45) is 2.62. The topological polar surface area (TPSA) is 29.3 Å². The van der Waals surface area contributed by atoms with Gasteiger partial charge < -0.3 is 5.73 Å². The Balaban J connectivity index is 2.09. The van der Waals surface area contributed by atoms with Crippen LogP contribution in [-0.2, 0) is 13.1 Å². The fourth-order valence-corrected chi connectivity index (χ4v) is 3.13. The SMILES string of the molecule is CC(C)C1CCCN1Cc1ccc(CN)cc1Cl. The van der Waals surface area contributed by atoms with Gasteiger partial charge in [0.25, 0.3) is 0 Å². The van der Waals surface area contributed by atoms with E-state index in [1.54, 1.807) is 0 Å². The van der Waals surface area contributed by atoms with E-state index in [9.17, 15) is 0 Å². The minimum atomic E-state index is 0.554. The summed E-state index contributed by atoms with van der Waals surface area (Å²) < 4.78 is 0. The van der Waals surface area contributed by atoms with E-state index in [-0.39, 0.29) is 0 Å². The summed E-state index contributed by atoms with van der Waals surface area (Å²) >= 11 is 6.33. The summed E-state index contributed by atoms with van der Waals surface area (Å²) in [5.41, 5.74) is 7.95. The highest BCUT2D eigenvalue weighted by Gasteiger charge is 2.27. The predicted molar refractivity (Wildman–Crippen MR) is 77.6 cm³/mol. The molecule has 1 atom stereocenters. The van der Waals surface area contributed by atoms with Crippen molar-refractivity contribution in [2.75, 3.05) is 6.54 Å². The second-order valence-corrected chi connectivity index (χ2v) is 5.96. The van der Waals surface area contributed by atoms with Crippen LogP contribution in [0.4, 0.5) is 0 Å². The van der Waals surface area contributed by atoms with Crippen molar-refractivity contribution >= 4 is 11.6 Å². The van der Waals surface area contributed by atoms with Gasteiger partial charge in [-0.1, -0.05) is 37.6 Å². The van der Waals surface area contributed by atoms with Crippen LogP contribution < -0.4 is 5.73 Å². The van der Waals surface area contributed by atoms with Gasteiger partial charge in [-0.2, -0.15) is 0 Å². The normalized spacial score (nSPS) is 20.8. The van der Waals surface area contributed by atoms with E-state index in [1.807, 2.05) is 6.07 Å². The Bertz CT molecular complexity index is 403. The zero-order valence-electron chi connectivity index (χ0n) is 11.3. The first-order valence-electron chi connectivity index (χ1n) is 6.83. The van der Waals surface area contributed by atoms with E-state index in [1.165, 1.54) is 24.9 Å². The number of benzene rings is 1. The zero-order chi connectivity index (χ0) is 13.1. The third kappa shape index (κ3) is 3.05. The minimum Gasteiger partial charge on any atom is -0.326 e. The van der Waals surface area contributed by atoms with Crippen LogP contribution in [0.2, 0.25) is 5.02 Å². The lowest BCUT2D eigenvalue weighted by Gasteiger charge is -2.28. The quantitative estimate of drug-likeness (QED) is 0.905. The molecule has 1 aromatic rings. The lowest BCUT2D eigenvalue weighted by atomic mass is 10.0. The average Bonchev–Trinajstić information content (AvgIpc) is 2.80. The molecule has 2 rings (SSSR count). The van der Waals surface area contributed by atoms with Gasteiger partial charge in [-0.15, -0.1) is 0 Å². The van der Waals surface area contributed by atoms with Gasteiger partial charge in [0.1, 0.15) is 0 Å². The molecule has 0 aromatic heterocycles. The van der Waals surface area contributed by atoms with Gasteiger partial charge in [0.15, 0.2) is 0 Å². The molecule has 1 heterocycles. The molecule has 1 saturated heterocycles. The Morgan fingerprint density at radius 2 is 2.22 bits per heavy atom. The zero-order valence-corrected chi connectivity index (χ0v) is 12.1. The van der Waals surface area contributed by atoms with E-state index >= 15 is 0 Å². The Morgan fingerprint density at radius 3 is 2.83 bits per heavy atom. The Kier molecular flexibility index (Phi) is 4.66. The molecule has 2 N–H and O–H groups in total. The third-order valence-electron chi connectivity index (χ3n) is 3.91. The molecule has 0 saturated carbocycles. The molecular formula is C15H23ClN2. The second kappa shape index (κ2) is 6.05. The van der Waals surface area contributed by atoms with Gasteiger partial charge in [0.05, 0.1) is 0 Å². The summed E-state index contributed by atoms with van der Waals surface area (Å²) in [4.78, 5) is 2.56. The van der Waals surface area contributed by atoms with Crippen LogP contribution in [0.3, 0.4) is 0 Å². The molecule has 1 aromatic carbocycles. The Hall–Kier alpha value is -0.570. The van der Waals surface area contributed by atoms with Crippen molar-refractivity contribution in [3.05, 3.63) is 34.3 Å². The lowest BCUT2D eigenvalue weighted by Crippen LogP contribution is -2.32. The first-order chi connectivity index (χ1) is 8.61. The molecule has 100 valence electrons. The molecule has 0 spiro atoms.